The molecule has 208 valence electrons. The summed E-state index contributed by atoms with van der Waals surface area (Å²) in [5, 5.41) is 11.2. The summed E-state index contributed by atoms with van der Waals surface area (Å²) in [6.45, 7) is 6.93. The van der Waals surface area contributed by atoms with E-state index in [9.17, 15) is 24.5 Å². The minimum atomic E-state index is -0.927. The minimum absolute atomic E-state index is 0.0857. The first-order valence-electron chi connectivity index (χ1n) is 12.3. The maximum Gasteiger partial charge on any atom is 0.338 e. The monoisotopic (exact) mass is 565 g/mol. The molecule has 2 heterocycles. The zero-order chi connectivity index (χ0) is 29.1. The molecule has 1 unspecified atom stereocenters. The smallest absolute Gasteiger partial charge is 0.338 e. The summed E-state index contributed by atoms with van der Waals surface area (Å²) < 4.78 is 17.9. The SMILES string of the molecule is COc1cc(C2C(C(=O)OCC(C)C)=C(C)N=c3s/c(=C/c4cccc([N+](=O)[O-])c4)c(=O)n32)ccc1OC(C)=O. The normalized spacial score (nSPS) is 14.9. The number of non-ortho nitro benzene ring substituents is 1. The zero-order valence-corrected chi connectivity index (χ0v) is 23.3. The van der Waals surface area contributed by atoms with E-state index in [1.807, 2.05) is 13.8 Å². The van der Waals surface area contributed by atoms with Gasteiger partial charge in [-0.1, -0.05) is 43.4 Å². The number of ether oxygens (including phenoxy) is 3. The van der Waals surface area contributed by atoms with Gasteiger partial charge in [-0.25, -0.2) is 9.79 Å². The van der Waals surface area contributed by atoms with Crippen molar-refractivity contribution in [2.45, 2.75) is 33.7 Å². The molecule has 0 saturated carbocycles. The van der Waals surface area contributed by atoms with Gasteiger partial charge in [0.25, 0.3) is 11.2 Å². The van der Waals surface area contributed by atoms with Gasteiger partial charge in [0.2, 0.25) is 0 Å². The molecule has 0 N–H and O–H groups in total. The standard InChI is InChI=1S/C28H27N3O8S/c1-15(2)14-38-27(34)24-16(3)29-28-30(25(24)19-9-10-21(39-17(4)32)22(13-19)37-5)26(33)23(40-28)12-18-7-6-8-20(11-18)31(35)36/h6-13,15,25H,14H2,1-5H3/b23-12+. The Balaban J connectivity index is 1.93. The second-order valence-electron chi connectivity index (χ2n) is 9.43. The third-order valence-electron chi connectivity index (χ3n) is 5.93. The molecule has 1 aliphatic heterocycles. The summed E-state index contributed by atoms with van der Waals surface area (Å²) in [4.78, 5) is 54.3. The van der Waals surface area contributed by atoms with Crippen LogP contribution in [0.5, 0.6) is 11.5 Å². The van der Waals surface area contributed by atoms with E-state index in [-0.39, 0.29) is 39.8 Å². The second-order valence-corrected chi connectivity index (χ2v) is 10.4. The van der Waals surface area contributed by atoms with Crippen LogP contribution in [0.1, 0.15) is 44.9 Å². The lowest BCUT2D eigenvalue weighted by Crippen LogP contribution is -2.40. The Morgan fingerprint density at radius 2 is 1.95 bits per heavy atom. The predicted molar refractivity (Wildman–Crippen MR) is 147 cm³/mol. The molecule has 0 aliphatic carbocycles. The maximum absolute atomic E-state index is 13.8. The number of carbonyl (C=O) groups is 2. The van der Waals surface area contributed by atoms with Crippen LogP contribution in [-0.2, 0) is 14.3 Å². The lowest BCUT2D eigenvalue weighted by Gasteiger charge is -2.25. The number of fused-ring (bicyclic) bond motifs is 1. The molecule has 11 nitrogen and oxygen atoms in total. The quantitative estimate of drug-likeness (QED) is 0.176. The van der Waals surface area contributed by atoms with E-state index in [4.69, 9.17) is 14.2 Å². The first-order valence-corrected chi connectivity index (χ1v) is 13.1. The fourth-order valence-electron chi connectivity index (χ4n) is 4.19. The van der Waals surface area contributed by atoms with E-state index in [2.05, 4.69) is 4.99 Å². The molecule has 0 amide bonds. The molecule has 12 heteroatoms. The number of esters is 2. The van der Waals surface area contributed by atoms with Gasteiger partial charge in [-0.3, -0.25) is 24.3 Å². The number of hydrogen-bond donors (Lipinski definition) is 0. The van der Waals surface area contributed by atoms with E-state index < -0.39 is 28.5 Å². The van der Waals surface area contributed by atoms with Crippen LogP contribution < -0.4 is 24.4 Å². The topological polar surface area (TPSA) is 139 Å². The van der Waals surface area contributed by atoms with E-state index in [0.29, 0.717) is 21.6 Å². The summed E-state index contributed by atoms with van der Waals surface area (Å²) in [5.41, 5.74) is 0.981. The molecular formula is C28H27N3O8S. The first-order chi connectivity index (χ1) is 19.0. The summed E-state index contributed by atoms with van der Waals surface area (Å²) in [5.74, 6) is -0.648. The number of nitrogens with zero attached hydrogens (tertiary/aromatic N) is 3. The Labute approximate surface area is 232 Å². The highest BCUT2D eigenvalue weighted by atomic mass is 32.1. The average Bonchev–Trinajstić information content (AvgIpc) is 3.20. The maximum atomic E-state index is 13.8. The van der Waals surface area contributed by atoms with E-state index in [0.717, 1.165) is 11.3 Å². The van der Waals surface area contributed by atoms with Crippen molar-refractivity contribution in [2.75, 3.05) is 13.7 Å². The summed E-state index contributed by atoms with van der Waals surface area (Å²) in [6, 6.07) is 9.75. The van der Waals surface area contributed by atoms with Crippen LogP contribution in [0.3, 0.4) is 0 Å². The molecule has 3 aromatic rings. The Hall–Kier alpha value is -4.58. The second kappa shape index (κ2) is 11.7. The van der Waals surface area contributed by atoms with Crippen molar-refractivity contribution in [1.82, 2.24) is 4.57 Å². The van der Waals surface area contributed by atoms with Crippen molar-refractivity contribution in [3.63, 3.8) is 0 Å². The highest BCUT2D eigenvalue weighted by molar-refractivity contribution is 7.07. The third kappa shape index (κ3) is 5.86. The fourth-order valence-corrected chi connectivity index (χ4v) is 5.24. The summed E-state index contributed by atoms with van der Waals surface area (Å²) in [6.07, 6.45) is 1.55. The van der Waals surface area contributed by atoms with Crippen LogP contribution in [0.4, 0.5) is 5.69 Å². The van der Waals surface area contributed by atoms with Gasteiger partial charge in [-0.05, 0) is 42.2 Å². The number of rotatable bonds is 8. The molecule has 4 rings (SSSR count). The molecule has 1 aromatic heterocycles. The Morgan fingerprint density at radius 3 is 2.60 bits per heavy atom. The Bertz CT molecular complexity index is 1720. The number of nitro groups is 1. The number of benzene rings is 2. The first kappa shape index (κ1) is 28.4. The van der Waals surface area contributed by atoms with Gasteiger partial charge in [-0.15, -0.1) is 0 Å². The van der Waals surface area contributed by atoms with Gasteiger partial charge in [0, 0.05) is 19.1 Å². The third-order valence-corrected chi connectivity index (χ3v) is 6.91. The number of carbonyl (C=O) groups excluding carboxylic acids is 2. The molecule has 40 heavy (non-hydrogen) atoms. The van der Waals surface area contributed by atoms with Crippen molar-refractivity contribution in [3.8, 4) is 11.5 Å². The zero-order valence-electron chi connectivity index (χ0n) is 22.5. The highest BCUT2D eigenvalue weighted by Gasteiger charge is 2.34. The molecule has 1 atom stereocenters. The number of nitro benzene ring substituents is 1. The predicted octanol–water partition coefficient (Wildman–Crippen LogP) is 3.28. The van der Waals surface area contributed by atoms with E-state index >= 15 is 0 Å². The number of thiazole rings is 1. The van der Waals surface area contributed by atoms with Gasteiger partial charge >= 0.3 is 11.9 Å². The Morgan fingerprint density at radius 1 is 1.20 bits per heavy atom. The van der Waals surface area contributed by atoms with Crippen LogP contribution >= 0.6 is 11.3 Å². The highest BCUT2D eigenvalue weighted by Crippen LogP contribution is 2.36. The van der Waals surface area contributed by atoms with Gasteiger partial charge in [0.1, 0.15) is 0 Å². The van der Waals surface area contributed by atoms with Crippen LogP contribution in [0.2, 0.25) is 0 Å². The molecule has 0 bridgehead atoms. The lowest BCUT2D eigenvalue weighted by atomic mass is 9.95. The number of methoxy groups -OCH3 is 1. The molecule has 0 saturated heterocycles. The Kier molecular flexibility index (Phi) is 8.29. The number of allylic oxidation sites excluding steroid dienone is 1. The summed E-state index contributed by atoms with van der Waals surface area (Å²) >= 11 is 1.10. The van der Waals surface area contributed by atoms with Crippen molar-refractivity contribution in [1.29, 1.82) is 0 Å². The number of aromatic nitrogens is 1. The van der Waals surface area contributed by atoms with Crippen LogP contribution in [-0.4, -0.2) is 35.1 Å². The molecule has 1 aliphatic rings. The van der Waals surface area contributed by atoms with Crippen molar-refractivity contribution in [3.05, 3.63) is 94.7 Å². The van der Waals surface area contributed by atoms with Crippen LogP contribution in [0, 0.1) is 16.0 Å². The molecule has 2 aromatic carbocycles. The molecule has 0 spiro atoms. The van der Waals surface area contributed by atoms with E-state index in [1.54, 1.807) is 31.2 Å². The van der Waals surface area contributed by atoms with Gasteiger partial charge < -0.3 is 14.2 Å². The van der Waals surface area contributed by atoms with Crippen molar-refractivity contribution >= 4 is 35.0 Å². The van der Waals surface area contributed by atoms with Crippen molar-refractivity contribution in [2.24, 2.45) is 10.9 Å². The van der Waals surface area contributed by atoms with Gasteiger partial charge in [0.15, 0.2) is 16.3 Å². The lowest BCUT2D eigenvalue weighted by molar-refractivity contribution is -0.384. The minimum Gasteiger partial charge on any atom is -0.493 e. The molecule has 0 fully saturated rings. The summed E-state index contributed by atoms with van der Waals surface area (Å²) in [7, 11) is 1.41. The van der Waals surface area contributed by atoms with E-state index in [1.165, 1.54) is 42.9 Å². The van der Waals surface area contributed by atoms with Crippen LogP contribution in [0.25, 0.3) is 6.08 Å². The van der Waals surface area contributed by atoms with Crippen LogP contribution in [0.15, 0.2) is 63.5 Å². The van der Waals surface area contributed by atoms with Gasteiger partial charge in [-0.2, -0.15) is 0 Å². The molecular weight excluding hydrogens is 538 g/mol. The van der Waals surface area contributed by atoms with Gasteiger partial charge in [0.05, 0.1) is 40.5 Å². The number of hydrogen-bond acceptors (Lipinski definition) is 10. The fraction of sp³-hybridized carbons (Fsp3) is 0.286. The van der Waals surface area contributed by atoms with Crippen molar-refractivity contribution < 1.29 is 28.7 Å². The molecule has 0 radical (unpaired) electrons. The average molecular weight is 566 g/mol. The largest absolute Gasteiger partial charge is 0.493 e.